The normalized spacial score (nSPS) is 11.6. The van der Waals surface area contributed by atoms with Crippen molar-refractivity contribution in [3.63, 3.8) is 0 Å². The van der Waals surface area contributed by atoms with Crippen molar-refractivity contribution in [2.45, 2.75) is 19.8 Å². The van der Waals surface area contributed by atoms with Crippen molar-refractivity contribution in [1.82, 2.24) is 5.43 Å². The zero-order valence-corrected chi connectivity index (χ0v) is 19.5. The number of amides is 1. The summed E-state index contributed by atoms with van der Waals surface area (Å²) in [5, 5.41) is 4.10. The van der Waals surface area contributed by atoms with E-state index in [4.69, 9.17) is 4.74 Å². The van der Waals surface area contributed by atoms with Crippen molar-refractivity contribution in [1.29, 1.82) is 0 Å². The Hall–Kier alpha value is -3.65. The standard InChI is InChI=1S/C25H27N3O4S/c1-20(13-14-21-9-5-3-6-10-21)26-27-25(29)19-28(33(2,30)31)22-15-17-24(18-16-22)32-23-11-7-4-8-12-23/h3-12,15-18H,13-14,19H2,1-2H3,(H,27,29)/b26-20+. The summed E-state index contributed by atoms with van der Waals surface area (Å²) in [4.78, 5) is 12.4. The van der Waals surface area contributed by atoms with Gasteiger partial charge in [0.15, 0.2) is 0 Å². The number of sulfonamides is 1. The summed E-state index contributed by atoms with van der Waals surface area (Å²) in [6.07, 6.45) is 2.55. The zero-order valence-electron chi connectivity index (χ0n) is 18.6. The molecule has 0 saturated carbocycles. The highest BCUT2D eigenvalue weighted by Gasteiger charge is 2.21. The van der Waals surface area contributed by atoms with Gasteiger partial charge in [-0.3, -0.25) is 9.10 Å². The molecular formula is C25H27N3O4S. The fourth-order valence-corrected chi connectivity index (χ4v) is 3.91. The number of nitrogens with zero attached hydrogens (tertiary/aromatic N) is 2. The molecule has 0 heterocycles. The average Bonchev–Trinajstić information content (AvgIpc) is 2.81. The lowest BCUT2D eigenvalue weighted by Crippen LogP contribution is -2.39. The molecule has 0 aliphatic heterocycles. The molecule has 0 saturated heterocycles. The van der Waals surface area contributed by atoms with Crippen molar-refractivity contribution >= 4 is 27.3 Å². The van der Waals surface area contributed by atoms with Crippen LogP contribution in [-0.4, -0.2) is 32.8 Å². The molecule has 1 N–H and O–H groups in total. The van der Waals surface area contributed by atoms with Gasteiger partial charge in [0.2, 0.25) is 10.0 Å². The Morgan fingerprint density at radius 2 is 1.48 bits per heavy atom. The molecule has 0 aliphatic rings. The summed E-state index contributed by atoms with van der Waals surface area (Å²) in [6, 6.07) is 25.7. The molecular weight excluding hydrogens is 438 g/mol. The fraction of sp³-hybridized carbons (Fsp3) is 0.200. The summed E-state index contributed by atoms with van der Waals surface area (Å²) >= 11 is 0. The van der Waals surface area contributed by atoms with Gasteiger partial charge in [-0.2, -0.15) is 5.10 Å². The molecule has 7 nitrogen and oxygen atoms in total. The Morgan fingerprint density at radius 1 is 0.909 bits per heavy atom. The summed E-state index contributed by atoms with van der Waals surface area (Å²) in [7, 11) is -3.69. The van der Waals surface area contributed by atoms with Gasteiger partial charge in [0, 0.05) is 5.71 Å². The highest BCUT2D eigenvalue weighted by Crippen LogP contribution is 2.25. The van der Waals surface area contributed by atoms with Crippen LogP contribution < -0.4 is 14.5 Å². The third kappa shape index (κ3) is 7.76. The molecule has 0 unspecified atom stereocenters. The average molecular weight is 466 g/mol. The SMILES string of the molecule is C/C(CCc1ccccc1)=N\NC(=O)CN(c1ccc(Oc2ccccc2)cc1)S(C)(=O)=O. The molecule has 1 amide bonds. The lowest BCUT2D eigenvalue weighted by Gasteiger charge is -2.21. The van der Waals surface area contributed by atoms with Crippen LogP contribution in [0.25, 0.3) is 0 Å². The summed E-state index contributed by atoms with van der Waals surface area (Å²) < 4.78 is 31.4. The van der Waals surface area contributed by atoms with Gasteiger partial charge in [0.25, 0.3) is 5.91 Å². The topological polar surface area (TPSA) is 88.1 Å². The van der Waals surface area contributed by atoms with Crippen LogP contribution in [0.1, 0.15) is 18.9 Å². The van der Waals surface area contributed by atoms with Gasteiger partial charge >= 0.3 is 0 Å². The van der Waals surface area contributed by atoms with Crippen LogP contribution in [0.2, 0.25) is 0 Å². The second-order valence-corrected chi connectivity index (χ2v) is 9.45. The van der Waals surface area contributed by atoms with Crippen molar-refractivity contribution in [2.24, 2.45) is 5.10 Å². The fourth-order valence-electron chi connectivity index (χ4n) is 3.05. The van der Waals surface area contributed by atoms with Crippen LogP contribution in [0.15, 0.2) is 90.0 Å². The molecule has 0 atom stereocenters. The van der Waals surface area contributed by atoms with Crippen molar-refractivity contribution in [2.75, 3.05) is 17.1 Å². The lowest BCUT2D eigenvalue weighted by molar-refractivity contribution is -0.119. The van der Waals surface area contributed by atoms with Gasteiger partial charge in [-0.05, 0) is 61.7 Å². The minimum absolute atomic E-state index is 0.359. The third-order valence-corrected chi connectivity index (χ3v) is 5.92. The van der Waals surface area contributed by atoms with E-state index in [-0.39, 0.29) is 6.54 Å². The van der Waals surface area contributed by atoms with E-state index >= 15 is 0 Å². The van der Waals surface area contributed by atoms with Crippen LogP contribution in [0.3, 0.4) is 0 Å². The molecule has 33 heavy (non-hydrogen) atoms. The maximum Gasteiger partial charge on any atom is 0.260 e. The quantitative estimate of drug-likeness (QED) is 0.356. The van der Waals surface area contributed by atoms with Crippen LogP contribution in [0.5, 0.6) is 11.5 Å². The number of rotatable bonds is 10. The van der Waals surface area contributed by atoms with Gasteiger partial charge in [0.1, 0.15) is 18.0 Å². The first-order valence-electron chi connectivity index (χ1n) is 10.5. The maximum atomic E-state index is 12.4. The number of benzene rings is 3. The van der Waals surface area contributed by atoms with E-state index < -0.39 is 15.9 Å². The Morgan fingerprint density at radius 3 is 2.09 bits per heavy atom. The number of ether oxygens (including phenoxy) is 1. The van der Waals surface area contributed by atoms with Crippen molar-refractivity contribution < 1.29 is 17.9 Å². The van der Waals surface area contributed by atoms with Crippen molar-refractivity contribution in [3.05, 3.63) is 90.5 Å². The van der Waals surface area contributed by atoms with E-state index in [0.29, 0.717) is 23.6 Å². The van der Waals surface area contributed by atoms with Gasteiger partial charge in [-0.25, -0.2) is 13.8 Å². The summed E-state index contributed by atoms with van der Waals surface area (Å²) in [5.41, 5.74) is 4.74. The predicted octanol–water partition coefficient (Wildman–Crippen LogP) is 4.37. The van der Waals surface area contributed by atoms with Crippen molar-refractivity contribution in [3.8, 4) is 11.5 Å². The number of carbonyl (C=O) groups is 1. The van der Waals surface area contributed by atoms with E-state index in [1.165, 1.54) is 5.56 Å². The van der Waals surface area contributed by atoms with Gasteiger partial charge in [0.05, 0.1) is 11.9 Å². The molecule has 3 rings (SSSR count). The molecule has 172 valence electrons. The number of carbonyl (C=O) groups excluding carboxylic acids is 1. The second kappa shape index (κ2) is 11.3. The second-order valence-electron chi connectivity index (χ2n) is 7.55. The minimum Gasteiger partial charge on any atom is -0.457 e. The van der Waals surface area contributed by atoms with E-state index in [1.54, 1.807) is 24.3 Å². The Labute approximate surface area is 194 Å². The first-order valence-corrected chi connectivity index (χ1v) is 12.3. The van der Waals surface area contributed by atoms with Crippen LogP contribution in [-0.2, 0) is 21.2 Å². The third-order valence-electron chi connectivity index (χ3n) is 4.78. The van der Waals surface area contributed by atoms with E-state index in [2.05, 4.69) is 10.5 Å². The Kier molecular flexibility index (Phi) is 8.21. The number of nitrogens with one attached hydrogen (secondary N) is 1. The van der Waals surface area contributed by atoms with E-state index in [9.17, 15) is 13.2 Å². The largest absolute Gasteiger partial charge is 0.457 e. The van der Waals surface area contributed by atoms with Crippen LogP contribution in [0.4, 0.5) is 5.69 Å². The zero-order chi connectivity index (χ0) is 23.7. The number of hydrogen-bond donors (Lipinski definition) is 1. The number of para-hydroxylation sites is 1. The smallest absolute Gasteiger partial charge is 0.260 e. The Balaban J connectivity index is 1.60. The van der Waals surface area contributed by atoms with E-state index in [1.807, 2.05) is 67.6 Å². The molecule has 0 aromatic heterocycles. The van der Waals surface area contributed by atoms with Gasteiger partial charge in [-0.15, -0.1) is 0 Å². The highest BCUT2D eigenvalue weighted by atomic mass is 32.2. The minimum atomic E-state index is -3.69. The molecule has 3 aromatic carbocycles. The number of hydrogen-bond acceptors (Lipinski definition) is 5. The van der Waals surface area contributed by atoms with Crippen LogP contribution in [0, 0.1) is 0 Å². The highest BCUT2D eigenvalue weighted by molar-refractivity contribution is 7.92. The Bertz CT molecular complexity index is 1180. The van der Waals surface area contributed by atoms with Gasteiger partial charge < -0.3 is 4.74 Å². The number of hydrazone groups is 1. The van der Waals surface area contributed by atoms with Gasteiger partial charge in [-0.1, -0.05) is 48.5 Å². The predicted molar refractivity (Wildman–Crippen MR) is 131 cm³/mol. The maximum absolute atomic E-state index is 12.4. The molecule has 0 spiro atoms. The number of aryl methyl sites for hydroxylation is 1. The molecule has 0 radical (unpaired) electrons. The lowest BCUT2D eigenvalue weighted by atomic mass is 10.1. The first kappa shape index (κ1) is 24.0. The summed E-state index contributed by atoms with van der Waals surface area (Å²) in [6.45, 7) is 1.44. The first-order chi connectivity index (χ1) is 15.8. The molecule has 0 fully saturated rings. The van der Waals surface area contributed by atoms with E-state index in [0.717, 1.165) is 22.7 Å². The van der Waals surface area contributed by atoms with Crippen LogP contribution >= 0.6 is 0 Å². The number of anilines is 1. The monoisotopic (exact) mass is 465 g/mol. The molecule has 0 bridgehead atoms. The molecule has 3 aromatic rings. The molecule has 8 heteroatoms. The summed E-state index contributed by atoms with van der Waals surface area (Å²) in [5.74, 6) is 0.704. The molecule has 0 aliphatic carbocycles.